The molecule has 10 heteroatoms. The summed E-state index contributed by atoms with van der Waals surface area (Å²) in [5, 5.41) is 5.76. The van der Waals surface area contributed by atoms with E-state index in [1.165, 1.54) is 0 Å². The predicted octanol–water partition coefficient (Wildman–Crippen LogP) is 3.02. The number of benzene rings is 2. The van der Waals surface area contributed by atoms with E-state index in [-0.39, 0.29) is 18.4 Å². The van der Waals surface area contributed by atoms with Crippen molar-refractivity contribution >= 4 is 17.7 Å². The maximum absolute atomic E-state index is 13.4. The van der Waals surface area contributed by atoms with Crippen LogP contribution < -0.4 is 20.1 Å². The maximum Gasteiger partial charge on any atom is 0.251 e. The summed E-state index contributed by atoms with van der Waals surface area (Å²) in [6.07, 6.45) is 4.12. The average Bonchev–Trinajstić information content (AvgIpc) is 2.99. The maximum atomic E-state index is 13.4. The Bertz CT molecular complexity index is 1410. The summed E-state index contributed by atoms with van der Waals surface area (Å²) >= 11 is 0. The fraction of sp³-hybridized carbons (Fsp3) is 0.375. The van der Waals surface area contributed by atoms with Crippen molar-refractivity contribution in [1.29, 1.82) is 0 Å². The number of pyridine rings is 1. The van der Waals surface area contributed by atoms with Crippen LogP contribution in [0.25, 0.3) is 0 Å². The lowest BCUT2D eigenvalue weighted by molar-refractivity contribution is -0.143. The molecule has 0 radical (unpaired) electrons. The van der Waals surface area contributed by atoms with Gasteiger partial charge in [0.05, 0.1) is 13.2 Å². The molecule has 3 amide bonds. The van der Waals surface area contributed by atoms with Gasteiger partial charge in [0.2, 0.25) is 11.8 Å². The first-order valence-electron chi connectivity index (χ1n) is 14.4. The summed E-state index contributed by atoms with van der Waals surface area (Å²) in [4.78, 5) is 48.0. The van der Waals surface area contributed by atoms with Gasteiger partial charge in [0, 0.05) is 56.7 Å². The minimum atomic E-state index is -0.690. The van der Waals surface area contributed by atoms with Crippen molar-refractivity contribution in [2.45, 2.75) is 32.9 Å². The molecule has 1 fully saturated rings. The fourth-order valence-corrected chi connectivity index (χ4v) is 5.07. The highest BCUT2D eigenvalue weighted by Gasteiger charge is 2.35. The number of hydrogen-bond acceptors (Lipinski definition) is 7. The Morgan fingerprint density at radius 1 is 1.02 bits per heavy atom. The summed E-state index contributed by atoms with van der Waals surface area (Å²) < 4.78 is 12.0. The molecule has 0 unspecified atom stereocenters. The summed E-state index contributed by atoms with van der Waals surface area (Å²) in [5.74, 6) is 0.890. The van der Waals surface area contributed by atoms with Gasteiger partial charge in [-0.15, -0.1) is 0 Å². The summed E-state index contributed by atoms with van der Waals surface area (Å²) in [5.41, 5.74) is 2.34. The first-order chi connectivity index (χ1) is 20.3. The molecule has 1 atom stereocenters. The number of rotatable bonds is 5. The van der Waals surface area contributed by atoms with E-state index in [1.54, 1.807) is 35.5 Å². The van der Waals surface area contributed by atoms with Gasteiger partial charge >= 0.3 is 0 Å². The molecule has 0 spiro atoms. The SMILES string of the molecule is CC(C)COc1cc2cc(c1)C(=O)NCC(=O)N1CCN(Cc3cccnc3)C[C@@H]1C(=O)NCCc1cccc(c1)O2. The third kappa shape index (κ3) is 7.64. The molecule has 2 aliphatic heterocycles. The van der Waals surface area contributed by atoms with Gasteiger partial charge in [-0.25, -0.2) is 0 Å². The molecular formula is C32H37N5O5. The first kappa shape index (κ1) is 29.1. The molecule has 3 aromatic rings. The molecular weight excluding hydrogens is 534 g/mol. The van der Waals surface area contributed by atoms with Crippen LogP contribution in [0.4, 0.5) is 0 Å². The van der Waals surface area contributed by atoms with Gasteiger partial charge in [0.15, 0.2) is 0 Å². The number of aromatic nitrogens is 1. The highest BCUT2D eigenvalue weighted by Crippen LogP contribution is 2.29. The van der Waals surface area contributed by atoms with Crippen molar-refractivity contribution in [3.05, 3.63) is 83.7 Å². The number of carbonyl (C=O) groups excluding carboxylic acids is 3. The quantitative estimate of drug-likeness (QED) is 0.484. The Balaban J connectivity index is 1.40. The molecule has 1 saturated heterocycles. The monoisotopic (exact) mass is 571 g/mol. The highest BCUT2D eigenvalue weighted by atomic mass is 16.5. The molecule has 5 rings (SSSR count). The lowest BCUT2D eigenvalue weighted by atomic mass is 10.1. The average molecular weight is 572 g/mol. The van der Waals surface area contributed by atoms with Crippen molar-refractivity contribution in [2.75, 3.05) is 39.3 Å². The van der Waals surface area contributed by atoms with Crippen molar-refractivity contribution in [1.82, 2.24) is 25.4 Å². The second kappa shape index (κ2) is 13.5. The Kier molecular flexibility index (Phi) is 9.33. The Labute approximate surface area is 246 Å². The predicted molar refractivity (Wildman–Crippen MR) is 157 cm³/mol. The van der Waals surface area contributed by atoms with E-state index in [4.69, 9.17) is 9.47 Å². The summed E-state index contributed by atoms with van der Waals surface area (Å²) in [6.45, 7) is 6.71. The second-order valence-corrected chi connectivity index (χ2v) is 11.1. The van der Waals surface area contributed by atoms with Crippen molar-refractivity contribution in [3.63, 3.8) is 0 Å². The Hall–Kier alpha value is -4.44. The van der Waals surface area contributed by atoms with E-state index in [0.717, 1.165) is 11.1 Å². The number of carbonyl (C=O) groups is 3. The number of hydrogen-bond donors (Lipinski definition) is 2. The molecule has 2 N–H and O–H groups in total. The van der Waals surface area contributed by atoms with Crippen LogP contribution in [0, 0.1) is 5.92 Å². The molecule has 4 bridgehead atoms. The van der Waals surface area contributed by atoms with Gasteiger partial charge < -0.3 is 25.0 Å². The molecule has 220 valence electrons. The number of nitrogens with one attached hydrogen (secondary N) is 2. The van der Waals surface area contributed by atoms with Gasteiger partial charge in [0.25, 0.3) is 5.91 Å². The van der Waals surface area contributed by atoms with Gasteiger partial charge in [0.1, 0.15) is 23.3 Å². The van der Waals surface area contributed by atoms with Crippen molar-refractivity contribution in [3.8, 4) is 17.2 Å². The van der Waals surface area contributed by atoms with E-state index in [9.17, 15) is 14.4 Å². The van der Waals surface area contributed by atoms with Gasteiger partial charge in [-0.2, -0.15) is 0 Å². The summed E-state index contributed by atoms with van der Waals surface area (Å²) in [6, 6.07) is 15.8. The smallest absolute Gasteiger partial charge is 0.251 e. The van der Waals surface area contributed by atoms with Crippen LogP contribution in [-0.4, -0.2) is 77.9 Å². The third-order valence-electron chi connectivity index (χ3n) is 7.19. The van der Waals surface area contributed by atoms with Crippen molar-refractivity contribution < 1.29 is 23.9 Å². The minimum absolute atomic E-state index is 0.221. The zero-order chi connectivity index (χ0) is 29.5. The van der Waals surface area contributed by atoms with E-state index in [0.29, 0.717) is 74.5 Å². The number of piperazine rings is 1. The van der Waals surface area contributed by atoms with E-state index in [2.05, 4.69) is 20.5 Å². The van der Waals surface area contributed by atoms with Gasteiger partial charge in [-0.3, -0.25) is 24.3 Å². The molecule has 0 aliphatic carbocycles. The minimum Gasteiger partial charge on any atom is -0.493 e. The molecule has 3 heterocycles. The third-order valence-corrected chi connectivity index (χ3v) is 7.19. The van der Waals surface area contributed by atoms with E-state index in [1.807, 2.05) is 50.2 Å². The number of nitrogens with zero attached hydrogens (tertiary/aromatic N) is 3. The second-order valence-electron chi connectivity index (χ2n) is 11.1. The van der Waals surface area contributed by atoms with Gasteiger partial charge in [-0.1, -0.05) is 32.0 Å². The Morgan fingerprint density at radius 3 is 2.71 bits per heavy atom. The number of ether oxygens (including phenoxy) is 2. The zero-order valence-electron chi connectivity index (χ0n) is 24.0. The molecule has 1 aromatic heterocycles. The van der Waals surface area contributed by atoms with Crippen molar-refractivity contribution in [2.24, 2.45) is 5.92 Å². The largest absolute Gasteiger partial charge is 0.493 e. The fourth-order valence-electron chi connectivity index (χ4n) is 5.07. The lowest BCUT2D eigenvalue weighted by Crippen LogP contribution is -2.61. The Morgan fingerprint density at radius 2 is 1.90 bits per heavy atom. The number of amides is 3. The van der Waals surface area contributed by atoms with Crippen LogP contribution >= 0.6 is 0 Å². The van der Waals surface area contributed by atoms with Crippen LogP contribution in [0.2, 0.25) is 0 Å². The van der Waals surface area contributed by atoms with Crippen LogP contribution in [0.5, 0.6) is 17.2 Å². The van der Waals surface area contributed by atoms with Gasteiger partial charge in [-0.05, 0) is 53.8 Å². The normalized spacial score (nSPS) is 18.4. The highest BCUT2D eigenvalue weighted by molar-refractivity contribution is 5.98. The van der Waals surface area contributed by atoms with E-state index < -0.39 is 11.9 Å². The molecule has 10 nitrogen and oxygen atoms in total. The number of fused-ring (bicyclic) bond motifs is 5. The van der Waals surface area contributed by atoms with Crippen LogP contribution in [0.1, 0.15) is 35.3 Å². The molecule has 2 aromatic carbocycles. The van der Waals surface area contributed by atoms with Crippen LogP contribution in [0.15, 0.2) is 67.0 Å². The topological polar surface area (TPSA) is 113 Å². The van der Waals surface area contributed by atoms with E-state index >= 15 is 0 Å². The zero-order valence-corrected chi connectivity index (χ0v) is 24.0. The first-order valence-corrected chi connectivity index (χ1v) is 14.4. The molecule has 0 saturated carbocycles. The van der Waals surface area contributed by atoms with Crippen LogP contribution in [-0.2, 0) is 22.6 Å². The van der Waals surface area contributed by atoms with Crippen LogP contribution in [0.3, 0.4) is 0 Å². The standard InChI is InChI=1S/C32H37N5O5/c1-22(2)21-41-27-14-25-15-28(16-27)42-26-7-3-5-23(13-26)8-10-34-32(40)29-20-36(19-24-6-4-9-33-17-24)11-12-37(29)30(38)18-35-31(25)39/h3-7,9,13-17,22,29H,8,10-12,18-21H2,1-2H3,(H,34,40)(H,35,39)/t29-/m1/s1. The molecule has 42 heavy (non-hydrogen) atoms. The summed E-state index contributed by atoms with van der Waals surface area (Å²) in [7, 11) is 0. The lowest BCUT2D eigenvalue weighted by Gasteiger charge is -2.40. The molecule has 2 aliphatic rings.